The van der Waals surface area contributed by atoms with Crippen LogP contribution in [0.3, 0.4) is 0 Å². The maximum absolute atomic E-state index is 12.2. The third-order valence-electron chi connectivity index (χ3n) is 3.36. The zero-order chi connectivity index (χ0) is 16.9. The van der Waals surface area contributed by atoms with Crippen molar-refractivity contribution in [3.63, 3.8) is 0 Å². The summed E-state index contributed by atoms with van der Waals surface area (Å²) in [7, 11) is 1.47. The first kappa shape index (κ1) is 17.6. The number of aromatic amines is 1. The number of aromatic nitrogens is 2. The van der Waals surface area contributed by atoms with Crippen molar-refractivity contribution in [1.29, 1.82) is 0 Å². The molecule has 0 amide bonds. The van der Waals surface area contributed by atoms with Crippen LogP contribution in [-0.2, 0) is 6.54 Å². The average molecular weight is 330 g/mol. The molecular formula is C15H21F3N4O. The number of hydrogen-bond donors (Lipinski definition) is 2. The van der Waals surface area contributed by atoms with Gasteiger partial charge >= 0.3 is 6.18 Å². The molecule has 0 saturated carbocycles. The molecular weight excluding hydrogens is 309 g/mol. The highest BCUT2D eigenvalue weighted by molar-refractivity contribution is 5.56. The minimum atomic E-state index is -4.14. The number of furan rings is 1. The van der Waals surface area contributed by atoms with Gasteiger partial charge in [0.25, 0.3) is 0 Å². The Morgan fingerprint density at radius 2 is 2.13 bits per heavy atom. The van der Waals surface area contributed by atoms with E-state index in [0.29, 0.717) is 26.1 Å². The minimum Gasteiger partial charge on any atom is -0.460 e. The lowest BCUT2D eigenvalue weighted by atomic mass is 10.2. The maximum atomic E-state index is 12.2. The fraction of sp³-hybridized carbons (Fsp3) is 0.533. The minimum absolute atomic E-state index is 0.391. The topological polar surface area (TPSA) is 57.1 Å². The van der Waals surface area contributed by atoms with E-state index in [1.54, 1.807) is 6.20 Å². The lowest BCUT2D eigenvalue weighted by Gasteiger charge is -2.18. The quantitative estimate of drug-likeness (QED) is 0.731. The molecule has 0 bridgehead atoms. The third-order valence-corrected chi connectivity index (χ3v) is 3.36. The van der Waals surface area contributed by atoms with Crippen molar-refractivity contribution >= 4 is 0 Å². The molecule has 2 aromatic heterocycles. The van der Waals surface area contributed by atoms with E-state index >= 15 is 0 Å². The molecule has 2 aromatic rings. The van der Waals surface area contributed by atoms with E-state index in [9.17, 15) is 13.2 Å². The smallest absolute Gasteiger partial charge is 0.401 e. The van der Waals surface area contributed by atoms with E-state index < -0.39 is 12.7 Å². The van der Waals surface area contributed by atoms with Crippen LogP contribution < -0.4 is 5.32 Å². The second-order valence-corrected chi connectivity index (χ2v) is 5.56. The Bertz CT molecular complexity index is 606. The maximum Gasteiger partial charge on any atom is 0.401 e. The SMILES string of the molecule is Cc1ccc(-c2[nH]ncc2CNCCCN(C)CC(F)(F)F)o1. The zero-order valence-corrected chi connectivity index (χ0v) is 13.2. The molecule has 23 heavy (non-hydrogen) atoms. The van der Waals surface area contributed by atoms with Crippen LogP contribution in [0.25, 0.3) is 11.5 Å². The van der Waals surface area contributed by atoms with Crippen molar-refractivity contribution in [3.8, 4) is 11.5 Å². The van der Waals surface area contributed by atoms with E-state index in [-0.39, 0.29) is 0 Å². The van der Waals surface area contributed by atoms with Gasteiger partial charge in [0.2, 0.25) is 0 Å². The number of nitrogens with zero attached hydrogens (tertiary/aromatic N) is 2. The molecule has 0 unspecified atom stereocenters. The fourth-order valence-electron chi connectivity index (χ4n) is 2.31. The highest BCUT2D eigenvalue weighted by Crippen LogP contribution is 2.23. The molecule has 5 nitrogen and oxygen atoms in total. The number of rotatable bonds is 8. The molecule has 0 aliphatic heterocycles. The van der Waals surface area contributed by atoms with Crippen LogP contribution in [0.2, 0.25) is 0 Å². The van der Waals surface area contributed by atoms with Gasteiger partial charge in [-0.25, -0.2) is 0 Å². The third kappa shape index (κ3) is 5.72. The van der Waals surface area contributed by atoms with Crippen LogP contribution >= 0.6 is 0 Å². The van der Waals surface area contributed by atoms with Gasteiger partial charge in [-0.1, -0.05) is 0 Å². The molecule has 0 aromatic carbocycles. The highest BCUT2D eigenvalue weighted by atomic mass is 19.4. The van der Waals surface area contributed by atoms with Crippen molar-refractivity contribution in [2.24, 2.45) is 0 Å². The highest BCUT2D eigenvalue weighted by Gasteiger charge is 2.28. The molecule has 0 fully saturated rings. The van der Waals surface area contributed by atoms with Gasteiger partial charge in [0, 0.05) is 12.1 Å². The van der Waals surface area contributed by atoms with Crippen LogP contribution in [0.5, 0.6) is 0 Å². The van der Waals surface area contributed by atoms with Crippen molar-refractivity contribution in [2.75, 3.05) is 26.7 Å². The van der Waals surface area contributed by atoms with Gasteiger partial charge in [-0.05, 0) is 45.6 Å². The first-order valence-electron chi connectivity index (χ1n) is 7.40. The monoisotopic (exact) mass is 330 g/mol. The number of hydrogen-bond acceptors (Lipinski definition) is 4. The van der Waals surface area contributed by atoms with Crippen molar-refractivity contribution in [1.82, 2.24) is 20.4 Å². The van der Waals surface area contributed by atoms with Crippen LogP contribution in [0.1, 0.15) is 17.7 Å². The Balaban J connectivity index is 1.72. The second-order valence-electron chi connectivity index (χ2n) is 5.56. The lowest BCUT2D eigenvalue weighted by molar-refractivity contribution is -0.143. The summed E-state index contributed by atoms with van der Waals surface area (Å²) >= 11 is 0. The van der Waals surface area contributed by atoms with Gasteiger partial charge in [-0.3, -0.25) is 10.00 Å². The Hall–Kier alpha value is -1.80. The average Bonchev–Trinajstić information content (AvgIpc) is 3.04. The summed E-state index contributed by atoms with van der Waals surface area (Å²) < 4.78 is 42.2. The molecule has 0 spiro atoms. The predicted molar refractivity (Wildman–Crippen MR) is 80.9 cm³/mol. The Kier molecular flexibility index (Phi) is 5.84. The summed E-state index contributed by atoms with van der Waals surface area (Å²) in [6.45, 7) is 2.59. The van der Waals surface area contributed by atoms with Crippen molar-refractivity contribution < 1.29 is 17.6 Å². The first-order valence-corrected chi connectivity index (χ1v) is 7.40. The summed E-state index contributed by atoms with van der Waals surface area (Å²) in [4.78, 5) is 1.27. The molecule has 8 heteroatoms. The molecule has 2 N–H and O–H groups in total. The summed E-state index contributed by atoms with van der Waals surface area (Å²) in [5, 5.41) is 10.1. The normalized spacial score (nSPS) is 12.3. The molecule has 0 aliphatic carbocycles. The van der Waals surface area contributed by atoms with Gasteiger partial charge in [-0.2, -0.15) is 18.3 Å². The standard InChI is InChI=1S/C15H21F3N4O/c1-11-4-5-13(23-11)14-12(9-20-21-14)8-19-6-3-7-22(2)10-15(16,17)18/h4-5,9,19H,3,6-8,10H2,1-2H3,(H,20,21). The molecule has 128 valence electrons. The number of alkyl halides is 3. The van der Waals surface area contributed by atoms with Gasteiger partial charge in [0.1, 0.15) is 11.5 Å². The Morgan fingerprint density at radius 1 is 1.35 bits per heavy atom. The van der Waals surface area contributed by atoms with Crippen molar-refractivity contribution in [2.45, 2.75) is 26.1 Å². The first-order chi connectivity index (χ1) is 10.8. The largest absolute Gasteiger partial charge is 0.460 e. The van der Waals surface area contributed by atoms with Crippen LogP contribution in [0, 0.1) is 6.92 Å². The molecule has 2 rings (SSSR count). The fourth-order valence-corrected chi connectivity index (χ4v) is 2.31. The molecule has 2 heterocycles. The van der Waals surface area contributed by atoms with E-state index in [4.69, 9.17) is 4.42 Å². The van der Waals surface area contributed by atoms with Crippen LogP contribution in [0.4, 0.5) is 13.2 Å². The van der Waals surface area contributed by atoms with E-state index in [0.717, 1.165) is 22.8 Å². The summed E-state index contributed by atoms with van der Waals surface area (Å²) in [5.41, 5.74) is 1.78. The van der Waals surface area contributed by atoms with Gasteiger partial charge < -0.3 is 9.73 Å². The van der Waals surface area contributed by atoms with Gasteiger partial charge in [-0.15, -0.1) is 0 Å². The predicted octanol–water partition coefficient (Wildman–Crippen LogP) is 2.95. The molecule has 0 radical (unpaired) electrons. The number of nitrogens with one attached hydrogen (secondary N) is 2. The lowest BCUT2D eigenvalue weighted by Crippen LogP contribution is -2.32. The number of halogens is 3. The summed E-state index contributed by atoms with van der Waals surface area (Å²) in [6, 6.07) is 3.75. The number of H-pyrrole nitrogens is 1. The molecule has 0 atom stereocenters. The van der Waals surface area contributed by atoms with E-state index in [1.807, 2.05) is 19.1 Å². The Labute approximate surface area is 132 Å². The van der Waals surface area contributed by atoms with Gasteiger partial charge in [0.15, 0.2) is 5.76 Å². The van der Waals surface area contributed by atoms with E-state index in [1.165, 1.54) is 11.9 Å². The van der Waals surface area contributed by atoms with Crippen molar-refractivity contribution in [3.05, 3.63) is 29.7 Å². The summed E-state index contributed by atoms with van der Waals surface area (Å²) in [6.07, 6.45) is -1.79. The summed E-state index contributed by atoms with van der Waals surface area (Å²) in [5.74, 6) is 1.54. The second kappa shape index (κ2) is 7.65. The van der Waals surface area contributed by atoms with E-state index in [2.05, 4.69) is 15.5 Å². The molecule has 0 saturated heterocycles. The van der Waals surface area contributed by atoms with Gasteiger partial charge in [0.05, 0.1) is 12.7 Å². The Morgan fingerprint density at radius 3 is 2.78 bits per heavy atom. The molecule has 0 aliphatic rings. The number of aryl methyl sites for hydroxylation is 1. The zero-order valence-electron chi connectivity index (χ0n) is 13.2. The van der Waals surface area contributed by atoms with Crippen LogP contribution in [-0.4, -0.2) is 48.0 Å². The van der Waals surface area contributed by atoms with Crippen LogP contribution in [0.15, 0.2) is 22.7 Å².